The minimum atomic E-state index is -0.344. The van der Waals surface area contributed by atoms with Crippen LogP contribution in [0.4, 0.5) is 0 Å². The molecule has 0 atom stereocenters. The number of nitrogens with zero attached hydrogens (tertiary/aromatic N) is 2. The summed E-state index contributed by atoms with van der Waals surface area (Å²) >= 11 is 0. The second-order valence-corrected chi connectivity index (χ2v) is 12.6. The second kappa shape index (κ2) is 10.5. The van der Waals surface area contributed by atoms with Gasteiger partial charge in [0.25, 0.3) is 0 Å². The van der Waals surface area contributed by atoms with Crippen molar-refractivity contribution < 1.29 is 13.9 Å². The molecule has 0 N–H and O–H groups in total. The lowest BCUT2D eigenvalue weighted by molar-refractivity contribution is -0.662. The van der Waals surface area contributed by atoms with Crippen LogP contribution in [0.25, 0.3) is 44.9 Å². The van der Waals surface area contributed by atoms with Crippen molar-refractivity contribution in [3.63, 3.8) is 0 Å². The zero-order valence-corrected chi connectivity index (χ0v) is 25.7. The van der Waals surface area contributed by atoms with Crippen molar-refractivity contribution in [1.82, 2.24) is 4.57 Å². The zero-order chi connectivity index (χ0) is 29.8. The molecule has 4 nitrogen and oxygen atoms in total. The predicted octanol–water partition coefficient (Wildman–Crippen LogP) is 7.77. The van der Waals surface area contributed by atoms with Crippen LogP contribution in [0.1, 0.15) is 51.3 Å². The number of para-hydroxylation sites is 2. The van der Waals surface area contributed by atoms with Gasteiger partial charge in [0, 0.05) is 46.0 Å². The van der Waals surface area contributed by atoms with Crippen LogP contribution in [0.15, 0.2) is 103 Å². The fourth-order valence-electron chi connectivity index (χ4n) is 6.25. The zero-order valence-electron chi connectivity index (χ0n) is 25.7. The molecule has 214 valence electrons. The molecule has 2 aromatic heterocycles. The number of rotatable bonds is 6. The van der Waals surface area contributed by atoms with Gasteiger partial charge in [-0.05, 0) is 75.5 Å². The van der Waals surface area contributed by atoms with E-state index in [1.165, 1.54) is 49.4 Å². The molecular weight excluding hydrogens is 527 g/mol. The Morgan fingerprint density at radius 1 is 0.721 bits per heavy atom. The summed E-state index contributed by atoms with van der Waals surface area (Å²) in [5.74, 6) is 0. The van der Waals surface area contributed by atoms with E-state index in [2.05, 4.69) is 159 Å². The largest absolute Gasteiger partial charge is 0.494 e. The van der Waals surface area contributed by atoms with E-state index in [-0.39, 0.29) is 18.3 Å². The Labute approximate surface area is 254 Å². The monoisotopic (exact) mass is 565 g/mol. The van der Waals surface area contributed by atoms with Crippen LogP contribution in [-0.4, -0.2) is 22.9 Å². The van der Waals surface area contributed by atoms with Gasteiger partial charge in [0.1, 0.15) is 0 Å². The van der Waals surface area contributed by atoms with Gasteiger partial charge in [-0.1, -0.05) is 72.8 Å². The van der Waals surface area contributed by atoms with Gasteiger partial charge in [0.05, 0.1) is 16.6 Å². The molecule has 3 heterocycles. The Balaban J connectivity index is 1.15. The van der Waals surface area contributed by atoms with Crippen molar-refractivity contribution in [3.8, 4) is 0 Å². The van der Waals surface area contributed by atoms with E-state index in [1.807, 2.05) is 0 Å². The summed E-state index contributed by atoms with van der Waals surface area (Å²) in [5.41, 5.74) is 7.80. The number of pyridine rings is 1. The number of fused-ring (bicyclic) bond motifs is 4. The first-order valence-electron chi connectivity index (χ1n) is 15.3. The standard InChI is InChI=1S/C38H38BN2O2/c1-6-41-35-14-10-8-12-32(35)33-25-27(18-22-36(33)41)15-19-29-23-24-40(34-13-9-7-11-31(29)34)26-28-16-20-30(21-17-28)39-42-37(2,3)38(4,5)43-39/h7-25H,6,26H2,1-5H3/q+1. The lowest BCUT2D eigenvalue weighted by Crippen LogP contribution is -2.41. The first-order valence-corrected chi connectivity index (χ1v) is 15.3. The van der Waals surface area contributed by atoms with Crippen molar-refractivity contribution in [2.24, 2.45) is 0 Å². The summed E-state index contributed by atoms with van der Waals surface area (Å²) in [7, 11) is -0.343. The van der Waals surface area contributed by atoms with Crippen molar-refractivity contribution in [3.05, 3.63) is 120 Å². The average Bonchev–Trinajstić information content (AvgIpc) is 3.45. The predicted molar refractivity (Wildman–Crippen MR) is 179 cm³/mol. The molecular formula is C38H38BN2O2+. The highest BCUT2D eigenvalue weighted by Gasteiger charge is 2.51. The van der Waals surface area contributed by atoms with Crippen LogP contribution in [0.2, 0.25) is 0 Å². The molecule has 0 spiro atoms. The smallest absolute Gasteiger partial charge is 0.399 e. The van der Waals surface area contributed by atoms with E-state index in [4.69, 9.17) is 9.31 Å². The molecule has 1 saturated heterocycles. The lowest BCUT2D eigenvalue weighted by atomic mass is 9.79. The van der Waals surface area contributed by atoms with Gasteiger partial charge in [0.15, 0.2) is 12.7 Å². The van der Waals surface area contributed by atoms with E-state index < -0.39 is 0 Å². The van der Waals surface area contributed by atoms with Gasteiger partial charge in [-0.15, -0.1) is 0 Å². The van der Waals surface area contributed by atoms with Crippen LogP contribution >= 0.6 is 0 Å². The SMILES string of the molecule is CCn1c2ccccc2c2cc(/C=C/c3cc[n+](Cc4ccc(B5OC(C)(C)C(C)(C)O5)cc4)c4ccccc34)ccc21. The summed E-state index contributed by atoms with van der Waals surface area (Å²) in [6.45, 7) is 12.3. The van der Waals surface area contributed by atoms with Gasteiger partial charge in [-0.25, -0.2) is 0 Å². The molecule has 0 saturated carbocycles. The molecule has 0 unspecified atom stereocenters. The molecule has 6 aromatic rings. The molecule has 4 aromatic carbocycles. The molecule has 1 aliphatic heterocycles. The Bertz CT molecular complexity index is 1990. The van der Waals surface area contributed by atoms with E-state index in [9.17, 15) is 0 Å². The highest BCUT2D eigenvalue weighted by molar-refractivity contribution is 6.62. The van der Waals surface area contributed by atoms with Gasteiger partial charge >= 0.3 is 7.12 Å². The van der Waals surface area contributed by atoms with Crippen molar-refractivity contribution in [2.75, 3.05) is 0 Å². The van der Waals surface area contributed by atoms with Gasteiger partial charge in [-0.2, -0.15) is 4.57 Å². The Hall–Kier alpha value is -4.19. The fourth-order valence-corrected chi connectivity index (χ4v) is 6.25. The first-order chi connectivity index (χ1) is 20.7. The Kier molecular flexibility index (Phi) is 6.76. The molecule has 0 bridgehead atoms. The second-order valence-electron chi connectivity index (χ2n) is 12.6. The first kappa shape index (κ1) is 27.6. The molecule has 5 heteroatoms. The molecule has 0 radical (unpaired) electrons. The van der Waals surface area contributed by atoms with Gasteiger partial charge < -0.3 is 13.9 Å². The minimum absolute atomic E-state index is 0.343. The van der Waals surface area contributed by atoms with Crippen LogP contribution in [0.3, 0.4) is 0 Å². The van der Waals surface area contributed by atoms with E-state index in [0.29, 0.717) is 0 Å². The molecule has 1 aliphatic rings. The number of aryl methyl sites for hydroxylation is 1. The number of benzene rings is 4. The molecule has 1 fully saturated rings. The molecule has 7 rings (SSSR count). The van der Waals surface area contributed by atoms with Crippen LogP contribution < -0.4 is 10.0 Å². The number of hydrogen-bond acceptors (Lipinski definition) is 2. The third kappa shape index (κ3) is 4.87. The summed E-state index contributed by atoms with van der Waals surface area (Å²) in [5, 5.41) is 3.85. The van der Waals surface area contributed by atoms with E-state index in [0.717, 1.165) is 18.6 Å². The average molecular weight is 566 g/mol. The summed E-state index contributed by atoms with van der Waals surface area (Å²) in [6, 6.07) is 35.0. The highest BCUT2D eigenvalue weighted by atomic mass is 16.7. The third-order valence-corrected chi connectivity index (χ3v) is 9.38. The number of aromatic nitrogens is 2. The van der Waals surface area contributed by atoms with E-state index >= 15 is 0 Å². The van der Waals surface area contributed by atoms with Gasteiger partial charge in [0.2, 0.25) is 5.52 Å². The molecule has 43 heavy (non-hydrogen) atoms. The van der Waals surface area contributed by atoms with Crippen LogP contribution in [0.5, 0.6) is 0 Å². The number of hydrogen-bond donors (Lipinski definition) is 0. The fraction of sp³-hybridized carbons (Fsp3) is 0.237. The molecule has 0 aliphatic carbocycles. The Morgan fingerprint density at radius 2 is 1.40 bits per heavy atom. The Morgan fingerprint density at radius 3 is 2.14 bits per heavy atom. The van der Waals surface area contributed by atoms with Crippen molar-refractivity contribution in [1.29, 1.82) is 0 Å². The normalized spacial score (nSPS) is 16.3. The quantitative estimate of drug-likeness (QED) is 0.152. The topological polar surface area (TPSA) is 27.3 Å². The van der Waals surface area contributed by atoms with E-state index in [1.54, 1.807) is 0 Å². The lowest BCUT2D eigenvalue weighted by Gasteiger charge is -2.32. The summed E-state index contributed by atoms with van der Waals surface area (Å²) in [4.78, 5) is 0. The van der Waals surface area contributed by atoms with Gasteiger partial charge in [-0.3, -0.25) is 0 Å². The van der Waals surface area contributed by atoms with Crippen LogP contribution in [0, 0.1) is 0 Å². The summed E-state index contributed by atoms with van der Waals surface area (Å²) in [6.07, 6.45) is 6.67. The van der Waals surface area contributed by atoms with Crippen molar-refractivity contribution >= 4 is 57.4 Å². The maximum absolute atomic E-state index is 6.25. The maximum Gasteiger partial charge on any atom is 0.494 e. The van der Waals surface area contributed by atoms with Crippen molar-refractivity contribution in [2.45, 2.75) is 58.9 Å². The minimum Gasteiger partial charge on any atom is -0.399 e. The highest BCUT2D eigenvalue weighted by Crippen LogP contribution is 2.36. The maximum atomic E-state index is 6.25. The van der Waals surface area contributed by atoms with Crippen LogP contribution in [-0.2, 0) is 22.4 Å². The third-order valence-electron chi connectivity index (χ3n) is 9.38. The summed E-state index contributed by atoms with van der Waals surface area (Å²) < 4.78 is 17.2. The molecule has 0 amide bonds.